The van der Waals surface area contributed by atoms with E-state index >= 15 is 0 Å². The Hall–Kier alpha value is -0.866. The minimum Gasteiger partial charge on any atom is -0.512 e. The fourth-order valence-corrected chi connectivity index (χ4v) is 0.829. The van der Waals surface area contributed by atoms with Crippen molar-refractivity contribution in [2.45, 2.75) is 55.4 Å². The molecule has 0 fully saturated rings. The zero-order valence-corrected chi connectivity index (χ0v) is 16.0. The Balaban J connectivity index is -0.000000295. The molecule has 0 aromatic rings. The Morgan fingerprint density at radius 3 is 0.952 bits per heavy atom. The SMILES string of the molecule is C/C(O)=C/C(=[OH+])C(C)(C)C.C/C(O)=C/C(=[OH+])C(C)(C)C.[Ti]. The van der Waals surface area contributed by atoms with E-state index in [1.54, 1.807) is 0 Å². The van der Waals surface area contributed by atoms with Gasteiger partial charge >= 0.3 is 11.6 Å². The van der Waals surface area contributed by atoms with Crippen LogP contribution in [0.2, 0.25) is 0 Å². The molecule has 0 radical (unpaired) electrons. The predicted octanol–water partition coefficient (Wildman–Crippen LogP) is 4.08. The normalized spacial score (nSPS) is 12.8. The van der Waals surface area contributed by atoms with Crippen LogP contribution in [0.1, 0.15) is 55.4 Å². The van der Waals surface area contributed by atoms with E-state index in [-0.39, 0.29) is 55.6 Å². The summed E-state index contributed by atoms with van der Waals surface area (Å²) in [5, 5.41) is 17.5. The van der Waals surface area contributed by atoms with Gasteiger partial charge in [0, 0.05) is 21.7 Å². The zero-order chi connectivity index (χ0) is 16.7. The van der Waals surface area contributed by atoms with Crippen molar-refractivity contribution in [1.82, 2.24) is 0 Å². The van der Waals surface area contributed by atoms with Crippen molar-refractivity contribution in [3.05, 3.63) is 23.7 Å². The van der Waals surface area contributed by atoms with E-state index in [1.165, 1.54) is 26.0 Å². The van der Waals surface area contributed by atoms with Crippen LogP contribution in [0, 0.1) is 10.8 Å². The van der Waals surface area contributed by atoms with Crippen LogP contribution in [-0.4, -0.2) is 31.4 Å². The maximum Gasteiger partial charge on any atom is 0.324 e. The second kappa shape index (κ2) is 9.96. The third kappa shape index (κ3) is 15.3. The molecule has 0 unspecified atom stereocenters. The van der Waals surface area contributed by atoms with Crippen LogP contribution in [0.25, 0.3) is 0 Å². The molecule has 21 heavy (non-hydrogen) atoms. The summed E-state index contributed by atoms with van der Waals surface area (Å²) in [4.78, 5) is 18.5. The molecule has 0 aliphatic carbocycles. The van der Waals surface area contributed by atoms with Gasteiger partial charge in [-0.1, -0.05) is 0 Å². The minimum atomic E-state index is -0.274. The monoisotopic (exact) mass is 334 g/mol. The van der Waals surface area contributed by atoms with Crippen molar-refractivity contribution >= 4 is 11.6 Å². The second-order valence-electron chi connectivity index (χ2n) is 6.84. The van der Waals surface area contributed by atoms with Crippen molar-refractivity contribution in [3.63, 3.8) is 0 Å². The van der Waals surface area contributed by atoms with Crippen molar-refractivity contribution in [1.29, 1.82) is 0 Å². The summed E-state index contributed by atoms with van der Waals surface area (Å²) in [5.41, 5.74) is -0.548. The average molecular weight is 334 g/mol. The van der Waals surface area contributed by atoms with E-state index in [0.717, 1.165) is 0 Å². The maximum absolute atomic E-state index is 9.24. The molecule has 5 heteroatoms. The second-order valence-corrected chi connectivity index (χ2v) is 6.84. The molecule has 0 saturated carbocycles. The molecule has 0 aliphatic heterocycles. The van der Waals surface area contributed by atoms with E-state index in [0.29, 0.717) is 0 Å². The Kier molecular flexibility index (Phi) is 11.9. The van der Waals surface area contributed by atoms with E-state index in [2.05, 4.69) is 0 Å². The molecule has 0 heterocycles. The first kappa shape index (κ1) is 25.1. The van der Waals surface area contributed by atoms with Gasteiger partial charge in [-0.25, -0.2) is 0 Å². The van der Waals surface area contributed by atoms with Gasteiger partial charge < -0.3 is 10.2 Å². The summed E-state index contributed by atoms with van der Waals surface area (Å²) in [6.45, 7) is 14.3. The van der Waals surface area contributed by atoms with Crippen molar-refractivity contribution in [3.8, 4) is 0 Å². The molecule has 0 saturated heterocycles. The number of hydrogen-bond acceptors (Lipinski definition) is 2. The number of ketones is 2. The van der Waals surface area contributed by atoms with Gasteiger partial charge in [-0.15, -0.1) is 0 Å². The molecule has 0 atom stereocenters. The van der Waals surface area contributed by atoms with Gasteiger partial charge in [-0.05, 0) is 55.4 Å². The van der Waals surface area contributed by atoms with E-state index in [4.69, 9.17) is 10.2 Å². The van der Waals surface area contributed by atoms with Gasteiger partial charge in [-0.3, -0.25) is 9.59 Å². The van der Waals surface area contributed by atoms with Crippen LogP contribution in [0.4, 0.5) is 0 Å². The topological polar surface area (TPSA) is 83.3 Å². The predicted molar refractivity (Wildman–Crippen MR) is 85.6 cm³/mol. The van der Waals surface area contributed by atoms with Gasteiger partial charge in [-0.2, -0.15) is 0 Å². The molecule has 0 rings (SSSR count). The molecule has 0 aliphatic rings. The fraction of sp³-hybridized carbons (Fsp3) is 0.625. The number of aliphatic hydroxyl groups excluding tert-OH is 2. The Labute approximate surface area is 143 Å². The number of hydrogen-bond donors (Lipinski definition) is 2. The van der Waals surface area contributed by atoms with Crippen molar-refractivity contribution in [2.24, 2.45) is 10.8 Å². The van der Waals surface area contributed by atoms with Gasteiger partial charge in [0.05, 0.1) is 34.5 Å². The van der Waals surface area contributed by atoms with Crippen molar-refractivity contribution in [2.75, 3.05) is 0 Å². The van der Waals surface area contributed by atoms with Crippen molar-refractivity contribution < 1.29 is 41.5 Å². The Bertz CT molecular complexity index is 359. The van der Waals surface area contributed by atoms with Crippen LogP contribution in [0.5, 0.6) is 0 Å². The standard InChI is InChI=1S/2C8H14O2.Ti/c2*1-6(9)5-7(10)8(2,3)4;/h2*5,9H,1-4H3;/p+2/b2*6-5-;. The number of carbonyl (C=O) groups excluding carboxylic acids is 2. The average Bonchev–Trinajstić information content (AvgIpc) is 2.13. The third-order valence-electron chi connectivity index (χ3n) is 2.23. The zero-order valence-electron chi connectivity index (χ0n) is 14.4. The van der Waals surface area contributed by atoms with Crippen LogP contribution >= 0.6 is 0 Å². The summed E-state index contributed by atoms with van der Waals surface area (Å²) < 4.78 is 0. The van der Waals surface area contributed by atoms with Gasteiger partial charge in [0.25, 0.3) is 0 Å². The molecule has 4 N–H and O–H groups in total. The van der Waals surface area contributed by atoms with E-state index < -0.39 is 0 Å². The molecule has 0 aromatic heterocycles. The maximum atomic E-state index is 9.24. The van der Waals surface area contributed by atoms with E-state index in [9.17, 15) is 9.59 Å². The minimum absolute atomic E-state index is 0. The summed E-state index contributed by atoms with van der Waals surface area (Å²) in [5.74, 6) is 0.667. The molecule has 0 bridgehead atoms. The summed E-state index contributed by atoms with van der Waals surface area (Å²) in [6.07, 6.45) is 2.72. The molecule has 0 aromatic carbocycles. The molecule has 120 valence electrons. The molecular formula is C16H30O4Ti+2. The summed E-state index contributed by atoms with van der Waals surface area (Å²) in [6, 6.07) is 0. The first-order valence-electron chi connectivity index (χ1n) is 6.55. The van der Waals surface area contributed by atoms with Gasteiger partial charge in [0.15, 0.2) is 0 Å². The van der Waals surface area contributed by atoms with Crippen LogP contribution in [0.15, 0.2) is 23.7 Å². The number of rotatable bonds is 2. The molecular weight excluding hydrogens is 304 g/mol. The Morgan fingerprint density at radius 2 is 0.905 bits per heavy atom. The quantitative estimate of drug-likeness (QED) is 0.345. The number of aliphatic hydroxyl groups is 2. The van der Waals surface area contributed by atoms with Gasteiger partial charge in [0.1, 0.15) is 0 Å². The van der Waals surface area contributed by atoms with Crippen LogP contribution in [0.3, 0.4) is 0 Å². The van der Waals surface area contributed by atoms with Crippen LogP contribution in [-0.2, 0) is 21.7 Å². The smallest absolute Gasteiger partial charge is 0.324 e. The summed E-state index contributed by atoms with van der Waals surface area (Å²) >= 11 is 0. The molecule has 0 amide bonds. The van der Waals surface area contributed by atoms with E-state index in [1.807, 2.05) is 41.5 Å². The third-order valence-corrected chi connectivity index (χ3v) is 2.23. The first-order chi connectivity index (χ1) is 8.67. The molecule has 4 nitrogen and oxygen atoms in total. The largest absolute Gasteiger partial charge is 0.512 e. The van der Waals surface area contributed by atoms with Gasteiger partial charge in [0.2, 0.25) is 0 Å². The Morgan fingerprint density at radius 1 is 0.714 bits per heavy atom. The van der Waals surface area contributed by atoms with Crippen LogP contribution < -0.4 is 0 Å². The fourth-order valence-electron chi connectivity index (χ4n) is 0.829. The first-order valence-corrected chi connectivity index (χ1v) is 6.55. The molecule has 0 spiro atoms. The number of allylic oxidation sites excluding steroid dienone is 4. The summed E-state index contributed by atoms with van der Waals surface area (Å²) in [7, 11) is 0.